The van der Waals surface area contributed by atoms with Crippen LogP contribution in [0.2, 0.25) is 0 Å². The molecular weight excluding hydrogens is 274 g/mol. The van der Waals surface area contributed by atoms with E-state index in [4.69, 9.17) is 0 Å². The van der Waals surface area contributed by atoms with Crippen molar-refractivity contribution in [2.75, 3.05) is 5.32 Å². The van der Waals surface area contributed by atoms with Crippen molar-refractivity contribution >= 4 is 17.9 Å². The Bertz CT molecular complexity index is 635. The van der Waals surface area contributed by atoms with Crippen LogP contribution in [0.25, 0.3) is 0 Å². The predicted molar refractivity (Wildman–Crippen MR) is 73.4 cm³/mol. The van der Waals surface area contributed by atoms with Gasteiger partial charge in [0.1, 0.15) is 0 Å². The number of nitrogens with one attached hydrogen (secondary N) is 2. The third-order valence-corrected chi connectivity index (χ3v) is 2.85. The lowest BCUT2D eigenvalue weighted by atomic mass is 9.92. The van der Waals surface area contributed by atoms with Crippen LogP contribution < -0.4 is 10.6 Å². The number of hydrogen-bond donors (Lipinski definition) is 3. The second-order valence-corrected chi connectivity index (χ2v) is 4.34. The highest BCUT2D eigenvalue weighted by Crippen LogP contribution is 2.20. The number of aliphatic carboxylic acids is 1. The number of anilines is 1. The molecule has 1 atom stereocenters. The van der Waals surface area contributed by atoms with Gasteiger partial charge in [-0.3, -0.25) is 5.32 Å². The zero-order chi connectivity index (χ0) is 15.3. The monoisotopic (exact) mass is 287 g/mol. The summed E-state index contributed by atoms with van der Waals surface area (Å²) in [5.41, 5.74) is -1.13. The SMILES string of the molecule is CC(NC(=O)Nc1nccnn1)(C(=O)O)c1ccccc1. The van der Waals surface area contributed by atoms with E-state index >= 15 is 0 Å². The molecule has 8 heteroatoms. The summed E-state index contributed by atoms with van der Waals surface area (Å²) in [5.74, 6) is -1.20. The van der Waals surface area contributed by atoms with Gasteiger partial charge in [-0.2, -0.15) is 5.10 Å². The van der Waals surface area contributed by atoms with E-state index in [2.05, 4.69) is 25.8 Å². The summed E-state index contributed by atoms with van der Waals surface area (Å²) in [5, 5.41) is 21.3. The van der Waals surface area contributed by atoms with Gasteiger partial charge in [-0.05, 0) is 12.5 Å². The van der Waals surface area contributed by atoms with Crippen LogP contribution in [0.3, 0.4) is 0 Å². The van der Waals surface area contributed by atoms with Gasteiger partial charge in [0.15, 0.2) is 5.54 Å². The Morgan fingerprint density at radius 2 is 1.90 bits per heavy atom. The molecule has 0 aliphatic heterocycles. The third kappa shape index (κ3) is 3.30. The minimum absolute atomic E-state index is 0.0178. The summed E-state index contributed by atoms with van der Waals surface area (Å²) in [6.07, 6.45) is 2.71. The Balaban J connectivity index is 2.17. The Morgan fingerprint density at radius 1 is 1.19 bits per heavy atom. The van der Waals surface area contributed by atoms with E-state index in [-0.39, 0.29) is 5.95 Å². The van der Waals surface area contributed by atoms with E-state index in [1.165, 1.54) is 19.3 Å². The van der Waals surface area contributed by atoms with Crippen molar-refractivity contribution in [3.05, 3.63) is 48.3 Å². The van der Waals surface area contributed by atoms with Crippen molar-refractivity contribution in [2.24, 2.45) is 0 Å². The van der Waals surface area contributed by atoms with Gasteiger partial charge in [0, 0.05) is 0 Å². The lowest BCUT2D eigenvalue weighted by Crippen LogP contribution is -2.51. The Kier molecular flexibility index (Phi) is 4.07. The van der Waals surface area contributed by atoms with Crippen LogP contribution in [-0.4, -0.2) is 32.3 Å². The van der Waals surface area contributed by atoms with Crippen molar-refractivity contribution < 1.29 is 14.7 Å². The van der Waals surface area contributed by atoms with Gasteiger partial charge in [-0.15, -0.1) is 5.10 Å². The lowest BCUT2D eigenvalue weighted by molar-refractivity contribution is -0.144. The molecular formula is C13H13N5O3. The average Bonchev–Trinajstić information content (AvgIpc) is 2.48. The van der Waals surface area contributed by atoms with Crippen molar-refractivity contribution in [3.8, 4) is 0 Å². The number of amides is 2. The molecule has 0 spiro atoms. The summed E-state index contributed by atoms with van der Waals surface area (Å²) in [7, 11) is 0. The molecule has 0 bridgehead atoms. The Hall–Kier alpha value is -3.03. The molecule has 0 aliphatic carbocycles. The number of urea groups is 1. The first kappa shape index (κ1) is 14.4. The number of aromatic nitrogens is 3. The highest BCUT2D eigenvalue weighted by Gasteiger charge is 2.36. The number of rotatable bonds is 4. The van der Waals surface area contributed by atoms with Crippen molar-refractivity contribution in [3.63, 3.8) is 0 Å². The van der Waals surface area contributed by atoms with E-state index in [0.717, 1.165) is 0 Å². The molecule has 0 aliphatic rings. The summed E-state index contributed by atoms with van der Waals surface area (Å²) >= 11 is 0. The van der Waals surface area contributed by atoms with Gasteiger partial charge < -0.3 is 10.4 Å². The molecule has 3 N–H and O–H groups in total. The van der Waals surface area contributed by atoms with Crippen LogP contribution >= 0.6 is 0 Å². The molecule has 8 nitrogen and oxygen atoms in total. The second-order valence-electron chi connectivity index (χ2n) is 4.34. The Labute approximate surface area is 120 Å². The molecule has 0 saturated carbocycles. The van der Waals surface area contributed by atoms with Gasteiger partial charge in [-0.25, -0.2) is 14.6 Å². The zero-order valence-corrected chi connectivity index (χ0v) is 11.1. The van der Waals surface area contributed by atoms with Gasteiger partial charge in [0.25, 0.3) is 5.95 Å². The highest BCUT2D eigenvalue weighted by molar-refractivity contribution is 5.93. The number of benzene rings is 1. The second kappa shape index (κ2) is 5.95. The van der Waals surface area contributed by atoms with E-state index in [9.17, 15) is 14.7 Å². The first-order valence-corrected chi connectivity index (χ1v) is 6.04. The highest BCUT2D eigenvalue weighted by atomic mass is 16.4. The molecule has 1 aromatic carbocycles. The van der Waals surface area contributed by atoms with Crippen molar-refractivity contribution in [2.45, 2.75) is 12.5 Å². The fourth-order valence-corrected chi connectivity index (χ4v) is 1.69. The third-order valence-electron chi connectivity index (χ3n) is 2.85. The summed E-state index contributed by atoms with van der Waals surface area (Å²) in [6.45, 7) is 1.40. The van der Waals surface area contributed by atoms with Gasteiger partial charge >= 0.3 is 12.0 Å². The van der Waals surface area contributed by atoms with Crippen LogP contribution in [0.4, 0.5) is 10.7 Å². The number of carboxylic acids is 1. The number of nitrogens with zero attached hydrogens (tertiary/aromatic N) is 3. The van der Waals surface area contributed by atoms with E-state index in [1.807, 2.05) is 0 Å². The van der Waals surface area contributed by atoms with Gasteiger partial charge in [-0.1, -0.05) is 30.3 Å². The topological polar surface area (TPSA) is 117 Å². The maximum absolute atomic E-state index is 11.9. The van der Waals surface area contributed by atoms with Crippen molar-refractivity contribution in [1.82, 2.24) is 20.5 Å². The number of carboxylic acid groups (broad SMARTS) is 1. The minimum atomic E-state index is -1.58. The standard InChI is InChI=1S/C13H13N5O3/c1-13(10(19)20,9-5-3-2-4-6-9)17-12(21)16-11-14-7-8-15-18-11/h2-8H,1H3,(H,19,20)(H2,14,16,17,18,21). The fraction of sp³-hybridized carbons (Fsp3) is 0.154. The van der Waals surface area contributed by atoms with E-state index in [0.29, 0.717) is 5.56 Å². The quantitative estimate of drug-likeness (QED) is 0.772. The molecule has 0 fully saturated rings. The first-order valence-electron chi connectivity index (χ1n) is 6.04. The maximum atomic E-state index is 11.9. The van der Waals surface area contributed by atoms with Crippen LogP contribution in [0.1, 0.15) is 12.5 Å². The molecule has 2 aromatic rings. The molecule has 0 radical (unpaired) electrons. The zero-order valence-electron chi connectivity index (χ0n) is 11.1. The summed E-state index contributed by atoms with van der Waals surface area (Å²) < 4.78 is 0. The molecule has 21 heavy (non-hydrogen) atoms. The van der Waals surface area contributed by atoms with Gasteiger partial charge in [0.2, 0.25) is 0 Å². The van der Waals surface area contributed by atoms with Crippen LogP contribution in [-0.2, 0) is 10.3 Å². The molecule has 2 rings (SSSR count). The van der Waals surface area contributed by atoms with E-state index in [1.54, 1.807) is 30.3 Å². The molecule has 1 unspecified atom stereocenters. The van der Waals surface area contributed by atoms with E-state index < -0.39 is 17.5 Å². The first-order chi connectivity index (χ1) is 10.0. The molecule has 1 heterocycles. The largest absolute Gasteiger partial charge is 0.479 e. The minimum Gasteiger partial charge on any atom is -0.479 e. The fourth-order valence-electron chi connectivity index (χ4n) is 1.69. The maximum Gasteiger partial charge on any atom is 0.333 e. The molecule has 1 aromatic heterocycles. The van der Waals surface area contributed by atoms with Crippen molar-refractivity contribution in [1.29, 1.82) is 0 Å². The molecule has 2 amide bonds. The average molecular weight is 287 g/mol. The number of carbonyl (C=O) groups is 2. The van der Waals surface area contributed by atoms with Crippen LogP contribution in [0.15, 0.2) is 42.7 Å². The lowest BCUT2D eigenvalue weighted by Gasteiger charge is -2.26. The summed E-state index contributed by atoms with van der Waals surface area (Å²) in [4.78, 5) is 27.2. The number of carbonyl (C=O) groups excluding carboxylic acids is 1. The Morgan fingerprint density at radius 3 is 2.48 bits per heavy atom. The smallest absolute Gasteiger partial charge is 0.333 e. The van der Waals surface area contributed by atoms with Gasteiger partial charge in [0.05, 0.1) is 12.4 Å². The number of hydrogen-bond acceptors (Lipinski definition) is 5. The normalized spacial score (nSPS) is 13.0. The van der Waals surface area contributed by atoms with Crippen LogP contribution in [0.5, 0.6) is 0 Å². The summed E-state index contributed by atoms with van der Waals surface area (Å²) in [6, 6.07) is 7.65. The molecule has 0 saturated heterocycles. The predicted octanol–water partition coefficient (Wildman–Crippen LogP) is 0.993. The van der Waals surface area contributed by atoms with Crippen LogP contribution in [0, 0.1) is 0 Å². The molecule has 108 valence electrons.